The van der Waals surface area contributed by atoms with E-state index in [9.17, 15) is 0 Å². The normalized spacial score (nSPS) is 13.0. The van der Waals surface area contributed by atoms with Crippen LogP contribution in [0.25, 0.3) is 44.6 Å². The van der Waals surface area contributed by atoms with Crippen LogP contribution in [0, 0.1) is 33.6 Å². The highest BCUT2D eigenvalue weighted by molar-refractivity contribution is 5.94. The minimum Gasteiger partial charge on any atom is -0.301 e. The molecule has 0 radical (unpaired) electrons. The molecule has 0 aliphatic heterocycles. The quantitative estimate of drug-likeness (QED) is 0.190. The molecule has 0 fully saturated rings. The molecule has 2 nitrogen and oxygen atoms in total. The maximum atomic E-state index is 4.99. The highest BCUT2D eigenvalue weighted by Crippen LogP contribution is 2.44. The van der Waals surface area contributed by atoms with E-state index in [0.717, 1.165) is 16.8 Å². The number of pyridine rings is 1. The van der Waals surface area contributed by atoms with Crippen LogP contribution in [0.5, 0.6) is 0 Å². The van der Waals surface area contributed by atoms with Crippen molar-refractivity contribution in [1.82, 2.24) is 4.98 Å². The molecule has 0 aliphatic rings. The number of aromatic nitrogens is 1. The third kappa shape index (κ3) is 5.39. The first-order valence-corrected chi connectivity index (χ1v) is 14.6. The Morgan fingerprint density at radius 2 is 1.15 bits per heavy atom. The van der Waals surface area contributed by atoms with Gasteiger partial charge in [-0.2, -0.15) is 0 Å². The molecule has 0 amide bonds. The zero-order chi connectivity index (χ0) is 29.1. The number of hydrogen-bond donors (Lipinski definition) is 0. The van der Waals surface area contributed by atoms with Crippen LogP contribution in [0.3, 0.4) is 0 Å². The van der Waals surface area contributed by atoms with Crippen molar-refractivity contribution in [3.63, 3.8) is 0 Å². The van der Waals surface area contributed by atoms with Crippen molar-refractivity contribution in [1.29, 1.82) is 0 Å². The molecule has 0 bridgehead atoms. The molecule has 4 aromatic carbocycles. The first kappa shape index (κ1) is 28.2. The zero-order valence-corrected chi connectivity index (χ0v) is 25.4. The van der Waals surface area contributed by atoms with Crippen LogP contribution in [0.15, 0.2) is 102 Å². The minimum atomic E-state index is 0.372. The second-order valence-corrected chi connectivity index (χ2v) is 11.2. The Bertz CT molecular complexity index is 1670. The summed E-state index contributed by atoms with van der Waals surface area (Å²) in [5.41, 5.74) is 16.3. The van der Waals surface area contributed by atoms with Crippen LogP contribution in [-0.4, -0.2) is 18.2 Å². The van der Waals surface area contributed by atoms with Gasteiger partial charge in [0.05, 0.1) is 5.69 Å². The van der Waals surface area contributed by atoms with E-state index in [0.29, 0.717) is 11.8 Å². The van der Waals surface area contributed by atoms with Crippen molar-refractivity contribution in [2.24, 2.45) is 10.9 Å². The maximum Gasteiger partial charge on any atom is 0.0708 e. The summed E-state index contributed by atoms with van der Waals surface area (Å²) in [5.74, 6) is 0.761. The second kappa shape index (κ2) is 12.1. The summed E-state index contributed by atoms with van der Waals surface area (Å²) in [6, 6.07) is 32.2. The molecular formula is C39H40N2. The predicted molar refractivity (Wildman–Crippen MR) is 177 cm³/mol. The first-order chi connectivity index (χ1) is 19.8. The molecule has 2 atom stereocenters. The Balaban J connectivity index is 1.74. The fourth-order valence-electron chi connectivity index (χ4n) is 6.28. The van der Waals surface area contributed by atoms with Crippen molar-refractivity contribution in [2.75, 3.05) is 7.05 Å². The third-order valence-electron chi connectivity index (χ3n) is 8.86. The van der Waals surface area contributed by atoms with Crippen molar-refractivity contribution >= 4 is 6.21 Å². The molecule has 5 rings (SSSR count). The van der Waals surface area contributed by atoms with Gasteiger partial charge >= 0.3 is 0 Å². The van der Waals surface area contributed by atoms with Gasteiger partial charge in [-0.1, -0.05) is 98.8 Å². The van der Waals surface area contributed by atoms with Gasteiger partial charge in [0.15, 0.2) is 0 Å². The third-order valence-corrected chi connectivity index (χ3v) is 8.86. The van der Waals surface area contributed by atoms with Crippen LogP contribution in [0.1, 0.15) is 47.6 Å². The van der Waals surface area contributed by atoms with Crippen LogP contribution in [0.2, 0.25) is 0 Å². The minimum absolute atomic E-state index is 0.372. The van der Waals surface area contributed by atoms with E-state index in [1.165, 1.54) is 55.6 Å². The lowest BCUT2D eigenvalue weighted by atomic mass is 9.77. The van der Waals surface area contributed by atoms with Crippen molar-refractivity contribution in [2.45, 2.75) is 47.5 Å². The Morgan fingerprint density at radius 1 is 0.610 bits per heavy atom. The zero-order valence-electron chi connectivity index (χ0n) is 25.4. The molecule has 1 unspecified atom stereocenters. The van der Waals surface area contributed by atoms with Gasteiger partial charge in [-0.05, 0) is 101 Å². The van der Waals surface area contributed by atoms with E-state index in [-0.39, 0.29) is 0 Å². The van der Waals surface area contributed by atoms with Gasteiger partial charge in [-0.3, -0.25) is 4.98 Å². The molecule has 0 saturated carbocycles. The molecule has 206 valence electrons. The first-order valence-electron chi connectivity index (χ1n) is 14.6. The number of aliphatic imine (C=N–C) groups is 1. The highest BCUT2D eigenvalue weighted by Gasteiger charge is 2.24. The van der Waals surface area contributed by atoms with Gasteiger partial charge in [-0.25, -0.2) is 0 Å². The van der Waals surface area contributed by atoms with Gasteiger partial charge in [0, 0.05) is 30.6 Å². The van der Waals surface area contributed by atoms with E-state index >= 15 is 0 Å². The molecule has 1 aromatic heterocycles. The van der Waals surface area contributed by atoms with Crippen LogP contribution < -0.4 is 0 Å². The van der Waals surface area contributed by atoms with Gasteiger partial charge in [0.2, 0.25) is 0 Å². The Labute approximate surface area is 245 Å². The van der Waals surface area contributed by atoms with E-state index in [1.54, 1.807) is 0 Å². The van der Waals surface area contributed by atoms with Crippen LogP contribution in [0.4, 0.5) is 0 Å². The average Bonchev–Trinajstić information content (AvgIpc) is 3.01. The van der Waals surface area contributed by atoms with Crippen molar-refractivity contribution in [3.8, 4) is 44.6 Å². The number of hydrogen-bond acceptors (Lipinski definition) is 2. The number of benzene rings is 4. The Kier molecular flexibility index (Phi) is 8.31. The summed E-state index contributed by atoms with van der Waals surface area (Å²) < 4.78 is 0. The van der Waals surface area contributed by atoms with Gasteiger partial charge in [0.25, 0.3) is 0 Å². The van der Waals surface area contributed by atoms with Gasteiger partial charge in [-0.15, -0.1) is 0 Å². The average molecular weight is 537 g/mol. The summed E-state index contributed by atoms with van der Waals surface area (Å²) in [5, 5.41) is 0. The molecule has 0 N–H and O–H groups in total. The SMILES string of the molecule is CN=CC(C)[C@H](C)c1c(C)c(C)c(-c2ccccc2-c2cnc(-c3ccccc3)cc2-c2ccccc2)c(C)c1C. The molecule has 0 aliphatic carbocycles. The molecule has 0 spiro atoms. The summed E-state index contributed by atoms with van der Waals surface area (Å²) in [6.45, 7) is 13.8. The van der Waals surface area contributed by atoms with Gasteiger partial charge in [0.1, 0.15) is 0 Å². The van der Waals surface area contributed by atoms with Crippen molar-refractivity contribution in [3.05, 3.63) is 125 Å². The largest absolute Gasteiger partial charge is 0.301 e. The van der Waals surface area contributed by atoms with Gasteiger partial charge < -0.3 is 4.99 Å². The summed E-state index contributed by atoms with van der Waals surface area (Å²) in [6.07, 6.45) is 4.14. The smallest absolute Gasteiger partial charge is 0.0708 e. The number of rotatable bonds is 7. The Morgan fingerprint density at radius 3 is 1.73 bits per heavy atom. The standard InChI is InChI=1S/C39H40N2/c1-25(23-40-7)26(2)38-27(3)29(5)39(30(6)28(38)4)34-21-15-14-20-33(34)36-24-41-37(32-18-12-9-13-19-32)22-35(36)31-16-10-8-11-17-31/h8-26H,1-7H3/t25?,26-/m0/s1. The molecule has 41 heavy (non-hydrogen) atoms. The molecule has 1 heterocycles. The van der Waals surface area contributed by atoms with Crippen molar-refractivity contribution < 1.29 is 0 Å². The lowest BCUT2D eigenvalue weighted by molar-refractivity contribution is 0.625. The Hall–Kier alpha value is -4.30. The molecule has 5 aromatic rings. The monoisotopic (exact) mass is 536 g/mol. The molecule has 0 saturated heterocycles. The lowest BCUT2D eigenvalue weighted by Crippen LogP contribution is -2.13. The van der Waals surface area contributed by atoms with Crippen LogP contribution >= 0.6 is 0 Å². The summed E-state index contributed by atoms with van der Waals surface area (Å²) in [4.78, 5) is 9.31. The van der Waals surface area contributed by atoms with E-state index in [2.05, 4.69) is 144 Å². The van der Waals surface area contributed by atoms with E-state index in [4.69, 9.17) is 4.98 Å². The van der Waals surface area contributed by atoms with E-state index < -0.39 is 0 Å². The number of nitrogens with zero attached hydrogens (tertiary/aromatic N) is 2. The van der Waals surface area contributed by atoms with E-state index in [1.807, 2.05) is 13.1 Å². The highest BCUT2D eigenvalue weighted by atomic mass is 14.7. The lowest BCUT2D eigenvalue weighted by Gasteiger charge is -2.27. The van der Waals surface area contributed by atoms with Crippen LogP contribution in [-0.2, 0) is 0 Å². The molecule has 2 heteroatoms. The topological polar surface area (TPSA) is 25.2 Å². The summed E-state index contributed by atoms with van der Waals surface area (Å²) in [7, 11) is 1.87. The maximum absolute atomic E-state index is 4.99. The summed E-state index contributed by atoms with van der Waals surface area (Å²) >= 11 is 0. The predicted octanol–water partition coefficient (Wildman–Crippen LogP) is 10.4. The fraction of sp³-hybridized carbons (Fsp3) is 0.231. The fourth-order valence-corrected chi connectivity index (χ4v) is 6.28. The second-order valence-electron chi connectivity index (χ2n) is 11.2. The molecular weight excluding hydrogens is 496 g/mol.